The first kappa shape index (κ1) is 23.4. The molecule has 2 aromatic carbocycles. The number of amides is 2. The highest BCUT2D eigenvalue weighted by Gasteiger charge is 2.11. The van der Waals surface area contributed by atoms with Crippen LogP contribution in [0.1, 0.15) is 33.3 Å². The molecule has 0 saturated carbocycles. The van der Waals surface area contributed by atoms with Crippen molar-refractivity contribution in [1.29, 1.82) is 0 Å². The van der Waals surface area contributed by atoms with Crippen LogP contribution in [0.15, 0.2) is 48.5 Å². The van der Waals surface area contributed by atoms with Gasteiger partial charge in [0, 0.05) is 23.2 Å². The minimum Gasteiger partial charge on any atom is -0.423 e. The number of para-hydroxylation sites is 1. The van der Waals surface area contributed by atoms with Crippen molar-refractivity contribution in [2.45, 2.75) is 34.6 Å². The first-order valence-corrected chi connectivity index (χ1v) is 9.25. The zero-order valence-corrected chi connectivity index (χ0v) is 17.1. The van der Waals surface area contributed by atoms with Crippen molar-refractivity contribution in [2.75, 3.05) is 10.6 Å². The summed E-state index contributed by atoms with van der Waals surface area (Å²) in [5.74, 6) is -0.0469. The van der Waals surface area contributed by atoms with Gasteiger partial charge in [-0.1, -0.05) is 58.0 Å². The first-order valence-electron chi connectivity index (χ1n) is 9.25. The van der Waals surface area contributed by atoms with Gasteiger partial charge in [-0.05, 0) is 36.1 Å². The van der Waals surface area contributed by atoms with E-state index in [0.717, 1.165) is 11.3 Å². The molecular formula is C21H29BN2O4. The second-order valence-electron chi connectivity index (χ2n) is 7.10. The van der Waals surface area contributed by atoms with E-state index < -0.39 is 7.12 Å². The number of carbonyl (C=O) groups is 2. The summed E-state index contributed by atoms with van der Waals surface area (Å²) in [4.78, 5) is 22.7. The molecule has 0 aliphatic rings. The quantitative estimate of drug-likeness (QED) is 0.596. The van der Waals surface area contributed by atoms with Gasteiger partial charge >= 0.3 is 7.12 Å². The Morgan fingerprint density at radius 3 is 1.79 bits per heavy atom. The van der Waals surface area contributed by atoms with E-state index in [0.29, 0.717) is 11.2 Å². The van der Waals surface area contributed by atoms with Gasteiger partial charge in [-0.15, -0.1) is 0 Å². The summed E-state index contributed by atoms with van der Waals surface area (Å²) >= 11 is 0. The molecule has 2 rings (SSSR count). The van der Waals surface area contributed by atoms with E-state index in [1.807, 2.05) is 45.0 Å². The predicted molar refractivity (Wildman–Crippen MR) is 114 cm³/mol. The van der Waals surface area contributed by atoms with Gasteiger partial charge in [0.2, 0.25) is 11.8 Å². The largest absolute Gasteiger partial charge is 0.488 e. The smallest absolute Gasteiger partial charge is 0.423 e. The Bertz CT molecular complexity index is 774. The molecule has 0 aromatic heterocycles. The monoisotopic (exact) mass is 384 g/mol. The molecule has 4 N–H and O–H groups in total. The Morgan fingerprint density at radius 1 is 0.821 bits per heavy atom. The van der Waals surface area contributed by atoms with E-state index in [-0.39, 0.29) is 23.7 Å². The molecule has 6 nitrogen and oxygen atoms in total. The highest BCUT2D eigenvalue weighted by molar-refractivity contribution is 6.58. The minimum absolute atomic E-state index is 0.0274. The summed E-state index contributed by atoms with van der Waals surface area (Å²) in [7, 11) is -1.47. The third-order valence-corrected chi connectivity index (χ3v) is 3.93. The van der Waals surface area contributed by atoms with Crippen LogP contribution in [0.5, 0.6) is 0 Å². The van der Waals surface area contributed by atoms with Gasteiger partial charge in [0.1, 0.15) is 0 Å². The Labute approximate surface area is 167 Å². The maximum atomic E-state index is 11.4. The Balaban J connectivity index is 0.000000283. The van der Waals surface area contributed by atoms with E-state index in [4.69, 9.17) is 10.0 Å². The van der Waals surface area contributed by atoms with Crippen LogP contribution in [0, 0.1) is 18.8 Å². The van der Waals surface area contributed by atoms with Crippen LogP contribution >= 0.6 is 0 Å². The van der Waals surface area contributed by atoms with E-state index in [1.165, 1.54) is 0 Å². The van der Waals surface area contributed by atoms with Crippen LogP contribution < -0.4 is 16.1 Å². The maximum Gasteiger partial charge on any atom is 0.488 e. The van der Waals surface area contributed by atoms with Crippen LogP contribution in [0.4, 0.5) is 11.4 Å². The van der Waals surface area contributed by atoms with Crippen molar-refractivity contribution < 1.29 is 19.6 Å². The maximum absolute atomic E-state index is 11.4. The summed E-state index contributed by atoms with van der Waals surface area (Å²) in [6, 6.07) is 14.2. The number of hydrogen-bond acceptors (Lipinski definition) is 4. The molecule has 0 bridgehead atoms. The Kier molecular flexibility index (Phi) is 9.41. The van der Waals surface area contributed by atoms with Crippen molar-refractivity contribution >= 4 is 35.8 Å². The third kappa shape index (κ3) is 7.94. The molecule has 0 spiro atoms. The molecule has 28 heavy (non-hydrogen) atoms. The average Bonchev–Trinajstić information content (AvgIpc) is 2.64. The standard InChI is InChI=1S/C11H15NO.C10H14BNO3/c1-8(2)11(13)12-10-7-5-4-6-9(10)3;1-7(2)10(13)12-9-5-3-8(4-6-9)11(14)15/h4-8H,1-3H3,(H,12,13);3-7,14-15H,1-2H3,(H,12,13). The second-order valence-corrected chi connectivity index (χ2v) is 7.10. The molecule has 7 heteroatoms. The zero-order chi connectivity index (χ0) is 21.3. The molecule has 150 valence electrons. The minimum atomic E-state index is -1.47. The van der Waals surface area contributed by atoms with Crippen LogP contribution in [-0.2, 0) is 9.59 Å². The summed E-state index contributed by atoms with van der Waals surface area (Å²) in [6.45, 7) is 9.36. The molecule has 0 unspecified atom stereocenters. The van der Waals surface area contributed by atoms with E-state index in [2.05, 4.69) is 10.6 Å². The fourth-order valence-electron chi connectivity index (χ4n) is 2.02. The lowest BCUT2D eigenvalue weighted by atomic mass is 9.80. The highest BCUT2D eigenvalue weighted by Crippen LogP contribution is 2.14. The van der Waals surface area contributed by atoms with Crippen LogP contribution in [0.2, 0.25) is 0 Å². The van der Waals surface area contributed by atoms with E-state index >= 15 is 0 Å². The van der Waals surface area contributed by atoms with Gasteiger partial charge in [0.25, 0.3) is 0 Å². The predicted octanol–water partition coefficient (Wildman–Crippen LogP) is 2.55. The highest BCUT2D eigenvalue weighted by atomic mass is 16.4. The van der Waals surface area contributed by atoms with Crippen LogP contribution in [-0.4, -0.2) is 29.0 Å². The SMILES string of the molecule is CC(C)C(=O)Nc1ccc(B(O)O)cc1.Cc1ccccc1NC(=O)C(C)C. The normalized spacial score (nSPS) is 10.2. The number of hydrogen-bond donors (Lipinski definition) is 4. The van der Waals surface area contributed by atoms with Crippen LogP contribution in [0.25, 0.3) is 0 Å². The summed E-state index contributed by atoms with van der Waals surface area (Å²) in [5, 5.41) is 23.3. The summed E-state index contributed by atoms with van der Waals surface area (Å²) in [6.07, 6.45) is 0. The number of rotatable bonds is 5. The van der Waals surface area contributed by atoms with Crippen molar-refractivity contribution in [2.24, 2.45) is 11.8 Å². The van der Waals surface area contributed by atoms with Gasteiger partial charge in [-0.2, -0.15) is 0 Å². The lowest BCUT2D eigenvalue weighted by Crippen LogP contribution is -2.29. The summed E-state index contributed by atoms with van der Waals surface area (Å²) < 4.78 is 0. The molecule has 0 atom stereocenters. The Morgan fingerprint density at radius 2 is 1.32 bits per heavy atom. The molecule has 0 fully saturated rings. The van der Waals surface area contributed by atoms with Gasteiger partial charge in [0.15, 0.2) is 0 Å². The van der Waals surface area contributed by atoms with Gasteiger partial charge in [0.05, 0.1) is 0 Å². The van der Waals surface area contributed by atoms with Gasteiger partial charge < -0.3 is 20.7 Å². The second kappa shape index (κ2) is 11.3. The molecule has 0 heterocycles. The lowest BCUT2D eigenvalue weighted by molar-refractivity contribution is -0.119. The van der Waals surface area contributed by atoms with Crippen molar-refractivity contribution in [3.8, 4) is 0 Å². The molecular weight excluding hydrogens is 355 g/mol. The molecule has 0 radical (unpaired) electrons. The molecule has 2 amide bonds. The average molecular weight is 384 g/mol. The van der Waals surface area contributed by atoms with Crippen molar-refractivity contribution in [3.63, 3.8) is 0 Å². The number of benzene rings is 2. The molecule has 0 saturated heterocycles. The van der Waals surface area contributed by atoms with Gasteiger partial charge in [-0.3, -0.25) is 9.59 Å². The number of nitrogens with one attached hydrogen (secondary N) is 2. The molecule has 2 aromatic rings. The fraction of sp³-hybridized carbons (Fsp3) is 0.333. The van der Waals surface area contributed by atoms with E-state index in [9.17, 15) is 9.59 Å². The number of aryl methyl sites for hydroxylation is 1. The van der Waals surface area contributed by atoms with Crippen molar-refractivity contribution in [1.82, 2.24) is 0 Å². The lowest BCUT2D eigenvalue weighted by Gasteiger charge is -2.09. The van der Waals surface area contributed by atoms with E-state index in [1.54, 1.807) is 38.1 Å². The zero-order valence-electron chi connectivity index (χ0n) is 17.1. The molecule has 0 aliphatic carbocycles. The van der Waals surface area contributed by atoms with Crippen LogP contribution in [0.3, 0.4) is 0 Å². The first-order chi connectivity index (χ1) is 13.1. The number of carbonyl (C=O) groups excluding carboxylic acids is 2. The Hall–Kier alpha value is -2.64. The summed E-state index contributed by atoms with van der Waals surface area (Å²) in [5.41, 5.74) is 3.05. The van der Waals surface area contributed by atoms with Gasteiger partial charge in [-0.25, -0.2) is 0 Å². The third-order valence-electron chi connectivity index (χ3n) is 3.93. The topological polar surface area (TPSA) is 98.7 Å². The molecule has 0 aliphatic heterocycles. The fourth-order valence-corrected chi connectivity index (χ4v) is 2.02. The van der Waals surface area contributed by atoms with Crippen molar-refractivity contribution in [3.05, 3.63) is 54.1 Å². The number of anilines is 2.